The third-order valence-corrected chi connectivity index (χ3v) is 3.89. The molecule has 2 aromatic rings. The van der Waals surface area contributed by atoms with Crippen LogP contribution in [-0.4, -0.2) is 26.2 Å². The molecule has 1 amide bonds. The molecule has 4 nitrogen and oxygen atoms in total. The van der Waals surface area contributed by atoms with Gasteiger partial charge in [-0.1, -0.05) is 34.1 Å². The smallest absolute Gasteiger partial charge is 0.228 e. The van der Waals surface area contributed by atoms with Crippen LogP contribution in [-0.2, 0) is 16.0 Å². The number of benzene rings is 2. The third kappa shape index (κ3) is 5.16. The number of methoxy groups -OCH3 is 1. The largest absolute Gasteiger partial charge is 0.383 e. The number of rotatable bonds is 7. The van der Waals surface area contributed by atoms with Gasteiger partial charge in [0.05, 0.1) is 13.0 Å². The molecule has 5 heteroatoms. The number of carbonyl (C=O) groups excluding carboxylic acids is 1. The molecular formula is C17H19BrN2O2. The summed E-state index contributed by atoms with van der Waals surface area (Å²) in [5.74, 6) is -0.0352. The van der Waals surface area contributed by atoms with Gasteiger partial charge in [0.15, 0.2) is 0 Å². The SMILES string of the molecule is COCCNc1ccc(NC(=O)Cc2ccccc2Br)cc1. The second-order valence-electron chi connectivity index (χ2n) is 4.81. The minimum absolute atomic E-state index is 0.0352. The summed E-state index contributed by atoms with van der Waals surface area (Å²) in [6.45, 7) is 1.41. The van der Waals surface area contributed by atoms with Gasteiger partial charge in [-0.25, -0.2) is 0 Å². The Labute approximate surface area is 139 Å². The van der Waals surface area contributed by atoms with E-state index in [9.17, 15) is 4.79 Å². The number of halogens is 1. The Kier molecular flexibility index (Phi) is 6.43. The van der Waals surface area contributed by atoms with Gasteiger partial charge >= 0.3 is 0 Å². The number of ether oxygens (including phenoxy) is 1. The van der Waals surface area contributed by atoms with E-state index in [1.165, 1.54) is 0 Å². The molecule has 0 unspecified atom stereocenters. The van der Waals surface area contributed by atoms with Crippen molar-refractivity contribution in [3.63, 3.8) is 0 Å². The topological polar surface area (TPSA) is 50.4 Å². The molecule has 0 saturated carbocycles. The van der Waals surface area contributed by atoms with Crippen LogP contribution in [0.15, 0.2) is 53.0 Å². The Morgan fingerprint density at radius 1 is 1.09 bits per heavy atom. The van der Waals surface area contributed by atoms with E-state index in [-0.39, 0.29) is 5.91 Å². The van der Waals surface area contributed by atoms with Crippen LogP contribution in [0.5, 0.6) is 0 Å². The van der Waals surface area contributed by atoms with Gasteiger partial charge in [-0.2, -0.15) is 0 Å². The summed E-state index contributed by atoms with van der Waals surface area (Å²) in [7, 11) is 1.67. The van der Waals surface area contributed by atoms with Gasteiger partial charge in [0, 0.05) is 29.5 Å². The average Bonchev–Trinajstić information content (AvgIpc) is 2.51. The van der Waals surface area contributed by atoms with Crippen LogP contribution in [0.4, 0.5) is 11.4 Å². The molecule has 0 radical (unpaired) electrons. The normalized spacial score (nSPS) is 10.3. The Balaban J connectivity index is 1.88. The lowest BCUT2D eigenvalue weighted by Gasteiger charge is -2.09. The van der Waals surface area contributed by atoms with Crippen LogP contribution < -0.4 is 10.6 Å². The number of anilines is 2. The first-order chi connectivity index (χ1) is 10.7. The number of hydrogen-bond donors (Lipinski definition) is 2. The van der Waals surface area contributed by atoms with Crippen molar-refractivity contribution < 1.29 is 9.53 Å². The lowest BCUT2D eigenvalue weighted by atomic mass is 10.1. The van der Waals surface area contributed by atoms with Crippen molar-refractivity contribution in [2.75, 3.05) is 30.9 Å². The summed E-state index contributed by atoms with van der Waals surface area (Å²) < 4.78 is 5.93. The fourth-order valence-electron chi connectivity index (χ4n) is 1.99. The second kappa shape index (κ2) is 8.56. The molecule has 0 fully saturated rings. The predicted molar refractivity (Wildman–Crippen MR) is 93.3 cm³/mol. The van der Waals surface area contributed by atoms with Crippen LogP contribution in [0.1, 0.15) is 5.56 Å². The van der Waals surface area contributed by atoms with E-state index in [2.05, 4.69) is 26.6 Å². The standard InChI is InChI=1S/C17H19BrN2O2/c1-22-11-10-19-14-6-8-15(9-7-14)20-17(21)12-13-4-2-3-5-16(13)18/h2-9,19H,10-12H2,1H3,(H,20,21). The molecule has 0 saturated heterocycles. The average molecular weight is 363 g/mol. The van der Waals surface area contributed by atoms with Crippen molar-refractivity contribution in [3.05, 3.63) is 58.6 Å². The van der Waals surface area contributed by atoms with E-state index < -0.39 is 0 Å². The van der Waals surface area contributed by atoms with Crippen molar-refractivity contribution in [3.8, 4) is 0 Å². The van der Waals surface area contributed by atoms with E-state index in [1.54, 1.807) is 7.11 Å². The predicted octanol–water partition coefficient (Wildman–Crippen LogP) is 3.69. The number of nitrogens with one attached hydrogen (secondary N) is 2. The molecule has 0 aliphatic heterocycles. The fraction of sp³-hybridized carbons (Fsp3) is 0.235. The van der Waals surface area contributed by atoms with Crippen molar-refractivity contribution in [2.45, 2.75) is 6.42 Å². The van der Waals surface area contributed by atoms with Crippen LogP contribution >= 0.6 is 15.9 Å². The first kappa shape index (κ1) is 16.5. The molecule has 116 valence electrons. The van der Waals surface area contributed by atoms with Gasteiger partial charge in [0.2, 0.25) is 5.91 Å². The Morgan fingerprint density at radius 3 is 2.45 bits per heavy atom. The van der Waals surface area contributed by atoms with Gasteiger partial charge in [0.1, 0.15) is 0 Å². The zero-order chi connectivity index (χ0) is 15.8. The molecule has 0 aromatic heterocycles. The third-order valence-electron chi connectivity index (χ3n) is 3.11. The van der Waals surface area contributed by atoms with E-state index in [1.807, 2.05) is 48.5 Å². The highest BCUT2D eigenvalue weighted by Gasteiger charge is 2.06. The summed E-state index contributed by atoms with van der Waals surface area (Å²) in [5, 5.41) is 6.13. The lowest BCUT2D eigenvalue weighted by Crippen LogP contribution is -2.14. The molecular weight excluding hydrogens is 344 g/mol. The van der Waals surface area contributed by atoms with Gasteiger partial charge in [0.25, 0.3) is 0 Å². The Morgan fingerprint density at radius 2 is 1.77 bits per heavy atom. The van der Waals surface area contributed by atoms with E-state index in [0.29, 0.717) is 13.0 Å². The fourth-order valence-corrected chi connectivity index (χ4v) is 2.41. The first-order valence-corrected chi connectivity index (χ1v) is 7.84. The minimum Gasteiger partial charge on any atom is -0.383 e. The monoisotopic (exact) mass is 362 g/mol. The maximum atomic E-state index is 12.1. The van der Waals surface area contributed by atoms with Gasteiger partial charge < -0.3 is 15.4 Å². The molecule has 2 N–H and O–H groups in total. The maximum Gasteiger partial charge on any atom is 0.228 e. The second-order valence-corrected chi connectivity index (χ2v) is 5.67. The minimum atomic E-state index is -0.0352. The zero-order valence-corrected chi connectivity index (χ0v) is 14.0. The highest BCUT2D eigenvalue weighted by Crippen LogP contribution is 2.18. The summed E-state index contributed by atoms with van der Waals surface area (Å²) in [6.07, 6.45) is 0.343. The molecule has 0 heterocycles. The lowest BCUT2D eigenvalue weighted by molar-refractivity contribution is -0.115. The number of hydrogen-bond acceptors (Lipinski definition) is 3. The first-order valence-electron chi connectivity index (χ1n) is 7.05. The van der Waals surface area contributed by atoms with Gasteiger partial charge in [-0.05, 0) is 35.9 Å². The molecule has 22 heavy (non-hydrogen) atoms. The van der Waals surface area contributed by atoms with Crippen LogP contribution in [0, 0.1) is 0 Å². The van der Waals surface area contributed by atoms with Crippen LogP contribution in [0.3, 0.4) is 0 Å². The zero-order valence-electron chi connectivity index (χ0n) is 12.4. The molecule has 2 rings (SSSR count). The summed E-state index contributed by atoms with van der Waals surface area (Å²) in [6, 6.07) is 15.4. The summed E-state index contributed by atoms with van der Waals surface area (Å²) >= 11 is 3.45. The summed E-state index contributed by atoms with van der Waals surface area (Å²) in [4.78, 5) is 12.1. The van der Waals surface area contributed by atoms with Crippen molar-refractivity contribution in [1.29, 1.82) is 0 Å². The number of carbonyl (C=O) groups is 1. The maximum absolute atomic E-state index is 12.1. The molecule has 0 bridgehead atoms. The van der Waals surface area contributed by atoms with Gasteiger partial charge in [-0.3, -0.25) is 4.79 Å². The Bertz CT molecular complexity index is 614. The highest BCUT2D eigenvalue weighted by molar-refractivity contribution is 9.10. The van der Waals surface area contributed by atoms with E-state index in [0.717, 1.165) is 28.0 Å². The highest BCUT2D eigenvalue weighted by atomic mass is 79.9. The van der Waals surface area contributed by atoms with Crippen LogP contribution in [0.25, 0.3) is 0 Å². The van der Waals surface area contributed by atoms with Crippen molar-refractivity contribution >= 4 is 33.2 Å². The van der Waals surface area contributed by atoms with Gasteiger partial charge in [-0.15, -0.1) is 0 Å². The molecule has 0 aliphatic rings. The van der Waals surface area contributed by atoms with Crippen LogP contribution in [0.2, 0.25) is 0 Å². The molecule has 0 spiro atoms. The number of amides is 1. The molecule has 0 atom stereocenters. The van der Waals surface area contributed by atoms with Crippen molar-refractivity contribution in [1.82, 2.24) is 0 Å². The summed E-state index contributed by atoms with van der Waals surface area (Å²) in [5.41, 5.74) is 2.76. The van der Waals surface area contributed by atoms with Crippen molar-refractivity contribution in [2.24, 2.45) is 0 Å². The molecule has 0 aliphatic carbocycles. The molecule has 2 aromatic carbocycles. The van der Waals surface area contributed by atoms with E-state index in [4.69, 9.17) is 4.74 Å². The quantitative estimate of drug-likeness (QED) is 0.738. The Hall–Kier alpha value is -1.85. The van der Waals surface area contributed by atoms with E-state index >= 15 is 0 Å².